The molecule has 0 bridgehead atoms. The lowest BCUT2D eigenvalue weighted by atomic mass is 10.2. The molecule has 1 amide bonds. The van der Waals surface area contributed by atoms with Crippen LogP contribution < -0.4 is 24.8 Å². The Labute approximate surface area is 167 Å². The Morgan fingerprint density at radius 3 is 2.72 bits per heavy atom. The molecular weight excluding hydrogens is 372 g/mol. The van der Waals surface area contributed by atoms with E-state index in [2.05, 4.69) is 20.8 Å². The summed E-state index contributed by atoms with van der Waals surface area (Å²) < 4.78 is 15.9. The van der Waals surface area contributed by atoms with Crippen LogP contribution in [0, 0.1) is 0 Å². The van der Waals surface area contributed by atoms with Crippen molar-refractivity contribution >= 4 is 11.7 Å². The number of anilines is 1. The van der Waals surface area contributed by atoms with Crippen LogP contribution in [0.3, 0.4) is 0 Å². The number of para-hydroxylation sites is 1. The van der Waals surface area contributed by atoms with Crippen LogP contribution in [-0.4, -0.2) is 30.0 Å². The maximum atomic E-state index is 12.3. The number of methoxy groups -OCH3 is 1. The van der Waals surface area contributed by atoms with Gasteiger partial charge in [-0.1, -0.05) is 24.3 Å². The van der Waals surface area contributed by atoms with Gasteiger partial charge in [-0.25, -0.2) is 0 Å². The molecule has 29 heavy (non-hydrogen) atoms. The lowest BCUT2D eigenvalue weighted by Crippen LogP contribution is -2.24. The van der Waals surface area contributed by atoms with Gasteiger partial charge in [0.2, 0.25) is 6.79 Å². The zero-order valence-electron chi connectivity index (χ0n) is 15.8. The Hall–Kier alpha value is -3.81. The molecule has 148 valence electrons. The number of aromatic nitrogens is 2. The van der Waals surface area contributed by atoms with E-state index in [9.17, 15) is 4.79 Å². The summed E-state index contributed by atoms with van der Waals surface area (Å²) in [5, 5.41) is 14.1. The van der Waals surface area contributed by atoms with Gasteiger partial charge in [-0.05, 0) is 35.9 Å². The van der Waals surface area contributed by atoms with Gasteiger partial charge < -0.3 is 24.8 Å². The fraction of sp³-hybridized carbons (Fsp3) is 0.190. The molecule has 4 rings (SSSR count). The second-order valence-electron chi connectivity index (χ2n) is 6.34. The van der Waals surface area contributed by atoms with Crippen LogP contribution in [0.5, 0.6) is 17.2 Å². The first-order valence-corrected chi connectivity index (χ1v) is 9.09. The summed E-state index contributed by atoms with van der Waals surface area (Å²) in [6.45, 7) is 1.11. The monoisotopic (exact) mass is 392 g/mol. The molecule has 2 aromatic carbocycles. The van der Waals surface area contributed by atoms with Crippen molar-refractivity contribution < 1.29 is 19.0 Å². The van der Waals surface area contributed by atoms with Crippen molar-refractivity contribution in [1.82, 2.24) is 15.5 Å². The van der Waals surface area contributed by atoms with Gasteiger partial charge in [0.1, 0.15) is 11.6 Å². The number of hydrogen-bond donors (Lipinski definition) is 2. The maximum Gasteiger partial charge on any atom is 0.272 e. The summed E-state index contributed by atoms with van der Waals surface area (Å²) in [5.74, 6) is 2.46. The highest BCUT2D eigenvalue weighted by Gasteiger charge is 2.14. The van der Waals surface area contributed by atoms with Crippen LogP contribution in [0.15, 0.2) is 54.6 Å². The standard InChI is InChI=1S/C21H20N4O4/c1-27-17-5-3-2-4-15(17)12-22-20-9-7-16(24-25-20)21(26)23-11-14-6-8-18-19(10-14)29-13-28-18/h2-10H,11-13H2,1H3,(H,22,25)(H,23,26). The Kier molecular flexibility index (Phi) is 5.42. The fourth-order valence-electron chi connectivity index (χ4n) is 2.91. The van der Waals surface area contributed by atoms with Gasteiger partial charge in [-0.3, -0.25) is 4.79 Å². The van der Waals surface area contributed by atoms with Gasteiger partial charge in [0.05, 0.1) is 7.11 Å². The first-order valence-electron chi connectivity index (χ1n) is 9.09. The molecule has 1 aliphatic rings. The third-order valence-corrected chi connectivity index (χ3v) is 4.44. The lowest BCUT2D eigenvalue weighted by Gasteiger charge is -2.10. The van der Waals surface area contributed by atoms with Crippen molar-refractivity contribution in [3.63, 3.8) is 0 Å². The number of nitrogens with zero attached hydrogens (tertiary/aromatic N) is 2. The summed E-state index contributed by atoms with van der Waals surface area (Å²) in [5.41, 5.74) is 2.15. The van der Waals surface area contributed by atoms with Crippen LogP contribution in [0.4, 0.5) is 5.82 Å². The number of amides is 1. The van der Waals surface area contributed by atoms with E-state index in [0.717, 1.165) is 16.9 Å². The van der Waals surface area contributed by atoms with Crippen LogP contribution >= 0.6 is 0 Å². The van der Waals surface area contributed by atoms with Crippen LogP contribution in [0.25, 0.3) is 0 Å². The summed E-state index contributed by atoms with van der Waals surface area (Å²) >= 11 is 0. The first-order chi connectivity index (χ1) is 14.2. The molecule has 8 heteroatoms. The largest absolute Gasteiger partial charge is 0.496 e. The smallest absolute Gasteiger partial charge is 0.272 e. The molecule has 2 heterocycles. The average molecular weight is 392 g/mol. The normalized spacial score (nSPS) is 11.8. The first kappa shape index (κ1) is 18.5. The van der Waals surface area contributed by atoms with E-state index in [1.807, 2.05) is 42.5 Å². The molecule has 8 nitrogen and oxygen atoms in total. The highest BCUT2D eigenvalue weighted by Crippen LogP contribution is 2.32. The highest BCUT2D eigenvalue weighted by atomic mass is 16.7. The lowest BCUT2D eigenvalue weighted by molar-refractivity contribution is 0.0945. The van der Waals surface area contributed by atoms with Crippen molar-refractivity contribution in [2.24, 2.45) is 0 Å². The summed E-state index contributed by atoms with van der Waals surface area (Å²) in [4.78, 5) is 12.3. The van der Waals surface area contributed by atoms with Crippen molar-refractivity contribution in [3.05, 3.63) is 71.4 Å². The van der Waals surface area contributed by atoms with Crippen molar-refractivity contribution in [2.75, 3.05) is 19.2 Å². The Balaban J connectivity index is 1.32. The predicted molar refractivity (Wildman–Crippen MR) is 106 cm³/mol. The zero-order valence-corrected chi connectivity index (χ0v) is 15.8. The molecule has 0 spiro atoms. The molecule has 0 unspecified atom stereocenters. The number of carbonyl (C=O) groups excluding carboxylic acids is 1. The van der Waals surface area contributed by atoms with Crippen LogP contribution in [0.1, 0.15) is 21.6 Å². The minimum atomic E-state index is -0.300. The van der Waals surface area contributed by atoms with Crippen LogP contribution in [0.2, 0.25) is 0 Å². The minimum absolute atomic E-state index is 0.220. The van der Waals surface area contributed by atoms with Crippen molar-refractivity contribution in [2.45, 2.75) is 13.1 Å². The molecule has 0 saturated heterocycles. The molecule has 0 radical (unpaired) electrons. The van der Waals surface area contributed by atoms with Crippen LogP contribution in [-0.2, 0) is 13.1 Å². The molecule has 1 aromatic heterocycles. The van der Waals surface area contributed by atoms with Gasteiger partial charge in [0, 0.05) is 18.7 Å². The van der Waals surface area contributed by atoms with E-state index < -0.39 is 0 Å². The quantitative estimate of drug-likeness (QED) is 0.638. The second kappa shape index (κ2) is 8.47. The summed E-state index contributed by atoms with van der Waals surface area (Å²) in [6.07, 6.45) is 0. The number of rotatable bonds is 7. The fourth-order valence-corrected chi connectivity index (χ4v) is 2.91. The van der Waals surface area contributed by atoms with E-state index in [0.29, 0.717) is 30.4 Å². The Morgan fingerprint density at radius 1 is 1.03 bits per heavy atom. The number of hydrogen-bond acceptors (Lipinski definition) is 7. The number of ether oxygens (including phenoxy) is 3. The molecule has 0 saturated carbocycles. The number of fused-ring (bicyclic) bond motifs is 1. The molecule has 3 aromatic rings. The minimum Gasteiger partial charge on any atom is -0.496 e. The van der Waals surface area contributed by atoms with Gasteiger partial charge in [-0.15, -0.1) is 10.2 Å². The zero-order chi connectivity index (χ0) is 20.1. The Morgan fingerprint density at radius 2 is 1.90 bits per heavy atom. The average Bonchev–Trinajstić information content (AvgIpc) is 3.24. The second-order valence-corrected chi connectivity index (χ2v) is 6.34. The van der Waals surface area contributed by atoms with E-state index >= 15 is 0 Å². The van der Waals surface area contributed by atoms with E-state index in [4.69, 9.17) is 14.2 Å². The SMILES string of the molecule is COc1ccccc1CNc1ccc(C(=O)NCc2ccc3c(c2)OCO3)nn1. The van der Waals surface area contributed by atoms with Gasteiger partial charge in [0.25, 0.3) is 5.91 Å². The van der Waals surface area contributed by atoms with E-state index in [-0.39, 0.29) is 18.4 Å². The van der Waals surface area contributed by atoms with Gasteiger partial charge >= 0.3 is 0 Å². The van der Waals surface area contributed by atoms with E-state index in [1.165, 1.54) is 0 Å². The number of nitrogens with one attached hydrogen (secondary N) is 2. The molecule has 0 fully saturated rings. The predicted octanol–water partition coefficient (Wildman–Crippen LogP) is 2.76. The molecule has 0 atom stereocenters. The van der Waals surface area contributed by atoms with Gasteiger partial charge in [0.15, 0.2) is 17.2 Å². The third kappa shape index (κ3) is 4.37. The Bertz CT molecular complexity index is 1010. The molecule has 0 aliphatic carbocycles. The highest BCUT2D eigenvalue weighted by molar-refractivity contribution is 5.92. The summed E-state index contributed by atoms with van der Waals surface area (Å²) in [6, 6.07) is 16.6. The van der Waals surface area contributed by atoms with Gasteiger partial charge in [-0.2, -0.15) is 0 Å². The molecule has 2 N–H and O–H groups in total. The molecular formula is C21H20N4O4. The topological polar surface area (TPSA) is 94.6 Å². The van der Waals surface area contributed by atoms with E-state index in [1.54, 1.807) is 19.2 Å². The third-order valence-electron chi connectivity index (χ3n) is 4.44. The van der Waals surface area contributed by atoms with Crippen molar-refractivity contribution in [3.8, 4) is 17.2 Å². The molecule has 1 aliphatic heterocycles. The summed E-state index contributed by atoms with van der Waals surface area (Å²) in [7, 11) is 1.63. The maximum absolute atomic E-state index is 12.3. The number of carbonyl (C=O) groups is 1. The van der Waals surface area contributed by atoms with Crippen molar-refractivity contribution in [1.29, 1.82) is 0 Å². The number of benzene rings is 2.